The summed E-state index contributed by atoms with van der Waals surface area (Å²) in [5.41, 5.74) is 4.57. The molecule has 1 aromatic heterocycles. The number of fused-ring (bicyclic) bond motifs is 1. The molecule has 0 radical (unpaired) electrons. The van der Waals surface area contributed by atoms with Gasteiger partial charge >= 0.3 is 0 Å². The van der Waals surface area contributed by atoms with Crippen molar-refractivity contribution in [1.82, 2.24) is 4.98 Å². The van der Waals surface area contributed by atoms with Crippen molar-refractivity contribution in [3.63, 3.8) is 0 Å². The predicted molar refractivity (Wildman–Crippen MR) is 82.5 cm³/mol. The molecule has 0 fully saturated rings. The molecule has 0 aliphatic rings. The minimum atomic E-state index is -0.317. The summed E-state index contributed by atoms with van der Waals surface area (Å²) in [6.07, 6.45) is 1.66. The minimum absolute atomic E-state index is 0.173. The molecule has 0 unspecified atom stereocenters. The first kappa shape index (κ1) is 14.6. The van der Waals surface area contributed by atoms with E-state index in [1.165, 1.54) is 12.1 Å². The van der Waals surface area contributed by atoms with E-state index in [1.54, 1.807) is 26.2 Å². The molecule has 2 aromatic carbocycles. The van der Waals surface area contributed by atoms with Crippen LogP contribution in [0.15, 0.2) is 30.6 Å². The third-order valence-electron chi connectivity index (χ3n) is 4.20. The highest BCUT2D eigenvalue weighted by atomic mass is 19.1. The molecule has 4 heteroatoms. The monoisotopic (exact) mass is 299 g/mol. The van der Waals surface area contributed by atoms with Crippen LogP contribution in [0.2, 0.25) is 0 Å². The van der Waals surface area contributed by atoms with Gasteiger partial charge in [0.1, 0.15) is 17.3 Å². The van der Waals surface area contributed by atoms with Gasteiger partial charge in [-0.15, -0.1) is 0 Å². The Morgan fingerprint density at radius 3 is 2.45 bits per heavy atom. The fourth-order valence-corrected chi connectivity index (χ4v) is 2.84. The number of hydrogen-bond donors (Lipinski definition) is 0. The van der Waals surface area contributed by atoms with Crippen LogP contribution in [0.3, 0.4) is 0 Å². The molecule has 0 spiro atoms. The maximum Gasteiger partial charge on any atom is 0.287 e. The van der Waals surface area contributed by atoms with Crippen molar-refractivity contribution in [3.05, 3.63) is 58.9 Å². The molecule has 2 nitrogen and oxygen atoms in total. The Kier molecular flexibility index (Phi) is 3.39. The first-order chi connectivity index (χ1) is 10.4. The fraction of sp³-hybridized carbons (Fsp3) is 0.222. The van der Waals surface area contributed by atoms with E-state index in [1.807, 2.05) is 24.6 Å². The molecule has 0 saturated heterocycles. The van der Waals surface area contributed by atoms with Crippen molar-refractivity contribution < 1.29 is 13.3 Å². The SMILES string of the molecule is Cc1cc(-c2c3ccc(F)cc3nc[n+]2C)c(C)c(C)c1F. The standard InChI is InChI=1S/C18H17F2N2/c1-10-7-15(11(2)12(3)17(10)20)18-14-6-5-13(19)8-16(14)21-9-22(18)4/h5-9H,1-4H3/q+1. The lowest BCUT2D eigenvalue weighted by atomic mass is 9.95. The van der Waals surface area contributed by atoms with Gasteiger partial charge in [-0.25, -0.2) is 13.3 Å². The van der Waals surface area contributed by atoms with Crippen LogP contribution in [0.1, 0.15) is 16.7 Å². The molecule has 3 aromatic rings. The summed E-state index contributed by atoms with van der Waals surface area (Å²) in [5.74, 6) is -0.490. The molecular weight excluding hydrogens is 282 g/mol. The van der Waals surface area contributed by atoms with Crippen LogP contribution in [-0.2, 0) is 7.05 Å². The molecule has 22 heavy (non-hydrogen) atoms. The van der Waals surface area contributed by atoms with Gasteiger partial charge in [0.25, 0.3) is 6.33 Å². The summed E-state index contributed by atoms with van der Waals surface area (Å²) in [5, 5.41) is 0.847. The summed E-state index contributed by atoms with van der Waals surface area (Å²) in [7, 11) is 1.89. The largest absolute Gasteiger partial charge is 0.287 e. The van der Waals surface area contributed by atoms with Gasteiger partial charge in [0.05, 0.1) is 12.4 Å². The van der Waals surface area contributed by atoms with Crippen LogP contribution >= 0.6 is 0 Å². The first-order valence-electron chi connectivity index (χ1n) is 7.10. The zero-order valence-corrected chi connectivity index (χ0v) is 13.0. The number of aryl methyl sites for hydroxylation is 2. The number of aromatic nitrogens is 2. The Morgan fingerprint density at radius 2 is 1.73 bits per heavy atom. The maximum absolute atomic E-state index is 14.1. The number of nitrogens with zero attached hydrogens (tertiary/aromatic N) is 2. The molecule has 3 rings (SSSR count). The molecule has 0 saturated carbocycles. The van der Waals surface area contributed by atoms with E-state index in [0.29, 0.717) is 16.6 Å². The van der Waals surface area contributed by atoms with E-state index < -0.39 is 0 Å². The average molecular weight is 299 g/mol. The highest BCUT2D eigenvalue weighted by Crippen LogP contribution is 2.31. The highest BCUT2D eigenvalue weighted by Gasteiger charge is 2.20. The second kappa shape index (κ2) is 5.13. The smallest absolute Gasteiger partial charge is 0.232 e. The third kappa shape index (κ3) is 2.15. The summed E-state index contributed by atoms with van der Waals surface area (Å²) < 4.78 is 29.4. The van der Waals surface area contributed by atoms with Crippen molar-refractivity contribution in [2.75, 3.05) is 0 Å². The average Bonchev–Trinajstić information content (AvgIpc) is 2.49. The van der Waals surface area contributed by atoms with E-state index in [0.717, 1.165) is 22.2 Å². The van der Waals surface area contributed by atoms with Gasteiger partial charge < -0.3 is 0 Å². The van der Waals surface area contributed by atoms with Crippen molar-refractivity contribution >= 4 is 10.9 Å². The second-order valence-electron chi connectivity index (χ2n) is 5.67. The molecule has 0 aliphatic heterocycles. The number of halogens is 2. The van der Waals surface area contributed by atoms with Gasteiger partial charge in [-0.3, -0.25) is 0 Å². The second-order valence-corrected chi connectivity index (χ2v) is 5.67. The Hall–Kier alpha value is -2.36. The van der Waals surface area contributed by atoms with Crippen LogP contribution in [-0.4, -0.2) is 4.98 Å². The quantitative estimate of drug-likeness (QED) is 0.622. The van der Waals surface area contributed by atoms with Crippen LogP contribution in [0.25, 0.3) is 22.2 Å². The molecular formula is C18H17F2N2+. The normalized spacial score (nSPS) is 11.2. The van der Waals surface area contributed by atoms with Gasteiger partial charge in [-0.1, -0.05) is 0 Å². The fourth-order valence-electron chi connectivity index (χ4n) is 2.84. The Morgan fingerprint density at radius 1 is 1.00 bits per heavy atom. The van der Waals surface area contributed by atoms with Crippen LogP contribution in [0, 0.1) is 32.4 Å². The number of benzene rings is 2. The summed E-state index contributed by atoms with van der Waals surface area (Å²) in [6, 6.07) is 6.40. The molecule has 112 valence electrons. The molecule has 1 heterocycles. The Balaban J connectivity index is 2.43. The maximum atomic E-state index is 14.1. The van der Waals surface area contributed by atoms with Crippen molar-refractivity contribution in [2.24, 2.45) is 7.05 Å². The third-order valence-corrected chi connectivity index (χ3v) is 4.20. The predicted octanol–water partition coefficient (Wildman–Crippen LogP) is 3.93. The lowest BCUT2D eigenvalue weighted by molar-refractivity contribution is -0.662. The molecule has 0 N–H and O–H groups in total. The van der Waals surface area contributed by atoms with Crippen LogP contribution in [0.5, 0.6) is 0 Å². The van der Waals surface area contributed by atoms with E-state index >= 15 is 0 Å². The molecule has 0 aliphatic carbocycles. The number of rotatable bonds is 1. The summed E-state index contributed by atoms with van der Waals surface area (Å²) in [6.45, 7) is 5.45. The lowest BCUT2D eigenvalue weighted by Crippen LogP contribution is -2.32. The zero-order valence-electron chi connectivity index (χ0n) is 13.0. The molecule has 0 bridgehead atoms. The molecule has 0 atom stereocenters. The topological polar surface area (TPSA) is 16.8 Å². The minimum Gasteiger partial charge on any atom is -0.232 e. The Bertz CT molecular complexity index is 901. The Labute approximate surface area is 128 Å². The van der Waals surface area contributed by atoms with Crippen LogP contribution in [0.4, 0.5) is 8.78 Å². The van der Waals surface area contributed by atoms with Gasteiger partial charge in [0.15, 0.2) is 5.52 Å². The van der Waals surface area contributed by atoms with Crippen molar-refractivity contribution in [2.45, 2.75) is 20.8 Å². The highest BCUT2D eigenvalue weighted by molar-refractivity contribution is 5.91. The van der Waals surface area contributed by atoms with Crippen LogP contribution < -0.4 is 4.57 Å². The molecule has 0 amide bonds. The van der Waals surface area contributed by atoms with E-state index in [2.05, 4.69) is 4.98 Å². The van der Waals surface area contributed by atoms with Gasteiger partial charge in [-0.2, -0.15) is 0 Å². The van der Waals surface area contributed by atoms with Gasteiger partial charge in [0, 0.05) is 11.6 Å². The first-order valence-corrected chi connectivity index (χ1v) is 7.10. The summed E-state index contributed by atoms with van der Waals surface area (Å²) >= 11 is 0. The number of hydrogen-bond acceptors (Lipinski definition) is 1. The van der Waals surface area contributed by atoms with Gasteiger partial charge in [0.2, 0.25) is 0 Å². The van der Waals surface area contributed by atoms with E-state index in [4.69, 9.17) is 0 Å². The lowest BCUT2D eigenvalue weighted by Gasteiger charge is -2.13. The van der Waals surface area contributed by atoms with Gasteiger partial charge in [-0.05, 0) is 60.6 Å². The van der Waals surface area contributed by atoms with E-state index in [-0.39, 0.29) is 11.6 Å². The zero-order chi connectivity index (χ0) is 16.0. The summed E-state index contributed by atoms with van der Waals surface area (Å²) in [4.78, 5) is 4.27. The van der Waals surface area contributed by atoms with E-state index in [9.17, 15) is 8.78 Å². The van der Waals surface area contributed by atoms with Crippen molar-refractivity contribution in [3.8, 4) is 11.3 Å². The van der Waals surface area contributed by atoms with Crippen molar-refractivity contribution in [1.29, 1.82) is 0 Å².